The summed E-state index contributed by atoms with van der Waals surface area (Å²) in [5, 5.41) is 2.71. The first-order valence-corrected chi connectivity index (χ1v) is 13.0. The minimum atomic E-state index is -1.09. The molecule has 0 saturated carbocycles. The molecule has 1 aliphatic heterocycles. The number of aromatic nitrogens is 2. The zero-order valence-electron chi connectivity index (χ0n) is 22.3. The van der Waals surface area contributed by atoms with Gasteiger partial charge in [-0.3, -0.25) is 9.36 Å². The zero-order chi connectivity index (χ0) is 29.5. The highest BCUT2D eigenvalue weighted by Gasteiger charge is 2.45. The average Bonchev–Trinajstić information content (AvgIpc) is 3.62. The van der Waals surface area contributed by atoms with Crippen LogP contribution < -0.4 is 11.1 Å². The maximum Gasteiger partial charge on any atom is 0.338 e. The van der Waals surface area contributed by atoms with Crippen LogP contribution in [0.3, 0.4) is 0 Å². The molecule has 1 saturated heterocycles. The molecule has 3 atom stereocenters. The molecule has 1 fully saturated rings. The molecular formula is C31H27N5O6. The lowest BCUT2D eigenvalue weighted by atomic mass is 10.2. The number of carbonyl (C=O) groups excluding carboxylic acids is 3. The molecule has 5 rings (SSSR count). The lowest BCUT2D eigenvalue weighted by Crippen LogP contribution is -2.36. The van der Waals surface area contributed by atoms with E-state index in [9.17, 15) is 14.4 Å². The summed E-state index contributed by atoms with van der Waals surface area (Å²) in [7, 11) is 0. The fourth-order valence-corrected chi connectivity index (χ4v) is 4.40. The SMILES string of the molecule is C=C(NC(=O)c1ccccc1)c1ncn([C@@H]2OC[C@H](OC(=O)c3ccccc3)[C@H]2OC(=O)c2ccccc2)c1/N=C\N. The normalized spacial score (nSPS) is 18.0. The molecule has 1 aliphatic rings. The fraction of sp³-hybridized carbons (Fsp3) is 0.129. The van der Waals surface area contributed by atoms with Crippen molar-refractivity contribution in [3.63, 3.8) is 0 Å². The number of amides is 1. The van der Waals surface area contributed by atoms with Gasteiger partial charge in [-0.05, 0) is 36.4 Å². The van der Waals surface area contributed by atoms with Gasteiger partial charge in [0, 0.05) is 5.56 Å². The Balaban J connectivity index is 1.44. The summed E-state index contributed by atoms with van der Waals surface area (Å²) in [6.07, 6.45) is -0.615. The third kappa shape index (κ3) is 6.11. The summed E-state index contributed by atoms with van der Waals surface area (Å²) in [4.78, 5) is 47.3. The minimum absolute atomic E-state index is 0.0824. The van der Waals surface area contributed by atoms with Gasteiger partial charge >= 0.3 is 11.9 Å². The number of rotatable bonds is 9. The molecule has 0 spiro atoms. The van der Waals surface area contributed by atoms with Gasteiger partial charge < -0.3 is 25.3 Å². The van der Waals surface area contributed by atoms with Crippen LogP contribution in [0.1, 0.15) is 43.0 Å². The molecule has 0 bridgehead atoms. The van der Waals surface area contributed by atoms with Crippen LogP contribution in [0.2, 0.25) is 0 Å². The lowest BCUT2D eigenvalue weighted by Gasteiger charge is -2.24. The number of aliphatic imine (C=N–C) groups is 1. The van der Waals surface area contributed by atoms with E-state index in [0.29, 0.717) is 16.7 Å². The lowest BCUT2D eigenvalue weighted by molar-refractivity contribution is -0.0465. The molecule has 11 nitrogen and oxygen atoms in total. The smallest absolute Gasteiger partial charge is 0.338 e. The molecule has 4 aromatic rings. The van der Waals surface area contributed by atoms with Crippen LogP contribution in [0.15, 0.2) is 109 Å². The molecular weight excluding hydrogens is 538 g/mol. The van der Waals surface area contributed by atoms with Crippen LogP contribution in [0.5, 0.6) is 0 Å². The number of imidazole rings is 1. The van der Waals surface area contributed by atoms with Gasteiger partial charge in [-0.25, -0.2) is 19.6 Å². The number of nitrogens with two attached hydrogens (primary N) is 1. The maximum atomic E-state index is 13.1. The van der Waals surface area contributed by atoms with Crippen molar-refractivity contribution >= 4 is 35.7 Å². The van der Waals surface area contributed by atoms with Crippen LogP contribution in [0, 0.1) is 0 Å². The highest BCUT2D eigenvalue weighted by atomic mass is 16.6. The maximum absolute atomic E-state index is 13.1. The van der Waals surface area contributed by atoms with Crippen molar-refractivity contribution in [3.05, 3.63) is 126 Å². The first-order chi connectivity index (χ1) is 20.5. The molecule has 11 heteroatoms. The minimum Gasteiger partial charge on any atom is -0.452 e. The Morgan fingerprint density at radius 1 is 0.905 bits per heavy atom. The standard InChI is InChI=1S/C31H27N5O6/c1-20(35-28(37)21-11-5-2-6-12-21)25-27(33-18-32)36(19-34-25)29-26(42-31(39)23-15-9-4-10-16-23)24(17-40-29)41-30(38)22-13-7-3-8-14-22/h2-16,18-19,24,26,29H,1,17H2,(H2,32,33)(H,35,37)/t24-,26+,29+/m0/s1. The van der Waals surface area contributed by atoms with E-state index in [1.54, 1.807) is 91.0 Å². The van der Waals surface area contributed by atoms with Crippen LogP contribution >= 0.6 is 0 Å². The van der Waals surface area contributed by atoms with Gasteiger partial charge in [0.05, 0.1) is 36.1 Å². The second kappa shape index (κ2) is 12.7. The van der Waals surface area contributed by atoms with Crippen molar-refractivity contribution in [2.75, 3.05) is 6.61 Å². The highest BCUT2D eigenvalue weighted by Crippen LogP contribution is 2.36. The number of esters is 2. The van der Waals surface area contributed by atoms with E-state index in [1.807, 2.05) is 0 Å². The molecule has 0 radical (unpaired) electrons. The van der Waals surface area contributed by atoms with Crippen molar-refractivity contribution in [1.82, 2.24) is 14.9 Å². The molecule has 212 valence electrons. The molecule has 2 heterocycles. The molecule has 3 N–H and O–H groups in total. The van der Waals surface area contributed by atoms with Crippen molar-refractivity contribution in [2.45, 2.75) is 18.4 Å². The van der Waals surface area contributed by atoms with Crippen molar-refractivity contribution in [2.24, 2.45) is 10.7 Å². The Kier molecular flexibility index (Phi) is 8.50. The number of nitrogens with zero attached hydrogens (tertiary/aromatic N) is 3. The number of hydrogen-bond donors (Lipinski definition) is 2. The van der Waals surface area contributed by atoms with Gasteiger partial charge in [-0.2, -0.15) is 0 Å². The van der Waals surface area contributed by atoms with Gasteiger partial charge in [-0.15, -0.1) is 0 Å². The monoisotopic (exact) mass is 565 g/mol. The number of nitrogens with one attached hydrogen (secondary N) is 1. The second-order valence-electron chi connectivity index (χ2n) is 9.17. The zero-order valence-corrected chi connectivity index (χ0v) is 22.3. The Labute approximate surface area is 241 Å². The Bertz CT molecular complexity index is 1600. The summed E-state index contributed by atoms with van der Waals surface area (Å²) in [5.74, 6) is -1.45. The van der Waals surface area contributed by atoms with E-state index in [-0.39, 0.29) is 23.8 Å². The van der Waals surface area contributed by atoms with E-state index < -0.39 is 36.3 Å². The van der Waals surface area contributed by atoms with Gasteiger partial charge in [-0.1, -0.05) is 61.2 Å². The van der Waals surface area contributed by atoms with E-state index in [0.717, 1.165) is 6.34 Å². The highest BCUT2D eigenvalue weighted by molar-refractivity contribution is 5.99. The summed E-state index contributed by atoms with van der Waals surface area (Å²) in [6, 6.07) is 25.5. The van der Waals surface area contributed by atoms with Crippen LogP contribution in [-0.2, 0) is 14.2 Å². The number of carbonyl (C=O) groups is 3. The molecule has 3 aromatic carbocycles. The fourth-order valence-electron chi connectivity index (χ4n) is 4.40. The first-order valence-electron chi connectivity index (χ1n) is 13.0. The van der Waals surface area contributed by atoms with Gasteiger partial charge in [0.1, 0.15) is 5.69 Å². The molecule has 0 aliphatic carbocycles. The largest absolute Gasteiger partial charge is 0.452 e. The molecule has 1 aromatic heterocycles. The number of benzene rings is 3. The number of ether oxygens (including phenoxy) is 3. The Hall–Kier alpha value is -5.55. The van der Waals surface area contributed by atoms with Gasteiger partial charge in [0.2, 0.25) is 0 Å². The van der Waals surface area contributed by atoms with E-state index in [2.05, 4.69) is 21.9 Å². The molecule has 1 amide bonds. The third-order valence-corrected chi connectivity index (χ3v) is 6.42. The Morgan fingerprint density at radius 3 is 2.02 bits per heavy atom. The van der Waals surface area contributed by atoms with Crippen molar-refractivity contribution in [3.8, 4) is 0 Å². The number of hydrogen-bond acceptors (Lipinski definition) is 8. The summed E-state index contributed by atoms with van der Waals surface area (Å²) in [6.45, 7) is 3.87. The Morgan fingerprint density at radius 2 is 1.45 bits per heavy atom. The average molecular weight is 566 g/mol. The second-order valence-corrected chi connectivity index (χ2v) is 9.17. The first kappa shape index (κ1) is 28.0. The van der Waals surface area contributed by atoms with Gasteiger partial charge in [0.15, 0.2) is 24.3 Å². The van der Waals surface area contributed by atoms with Crippen LogP contribution in [0.25, 0.3) is 5.70 Å². The summed E-state index contributed by atoms with van der Waals surface area (Å²) >= 11 is 0. The molecule has 42 heavy (non-hydrogen) atoms. The summed E-state index contributed by atoms with van der Waals surface area (Å²) < 4.78 is 19.1. The van der Waals surface area contributed by atoms with Crippen molar-refractivity contribution in [1.29, 1.82) is 0 Å². The van der Waals surface area contributed by atoms with E-state index >= 15 is 0 Å². The molecule has 0 unspecified atom stereocenters. The quantitative estimate of drug-likeness (QED) is 0.177. The topological polar surface area (TPSA) is 147 Å². The van der Waals surface area contributed by atoms with Crippen molar-refractivity contribution < 1.29 is 28.6 Å². The van der Waals surface area contributed by atoms with Crippen LogP contribution in [-0.4, -0.2) is 52.6 Å². The van der Waals surface area contributed by atoms with Crippen LogP contribution in [0.4, 0.5) is 5.82 Å². The van der Waals surface area contributed by atoms with Gasteiger partial charge in [0.25, 0.3) is 5.91 Å². The predicted octanol–water partition coefficient (Wildman–Crippen LogP) is 3.88. The van der Waals surface area contributed by atoms with E-state index in [1.165, 1.54) is 10.9 Å². The predicted molar refractivity (Wildman–Crippen MR) is 154 cm³/mol. The van der Waals surface area contributed by atoms with E-state index in [4.69, 9.17) is 19.9 Å². The summed E-state index contributed by atoms with van der Waals surface area (Å²) in [5.41, 5.74) is 7.09. The third-order valence-electron chi connectivity index (χ3n) is 6.42.